The van der Waals surface area contributed by atoms with E-state index in [1.807, 2.05) is 0 Å². The highest BCUT2D eigenvalue weighted by Crippen LogP contribution is 2.21. The molecule has 0 bridgehead atoms. The van der Waals surface area contributed by atoms with Gasteiger partial charge in [-0.15, -0.1) is 0 Å². The zero-order chi connectivity index (χ0) is 17.7. The molecule has 142 valence electrons. The molecule has 0 N–H and O–H groups in total. The van der Waals surface area contributed by atoms with Gasteiger partial charge < -0.3 is 0 Å². The average Bonchev–Trinajstić information content (AvgIpc) is 2.60. The second-order valence-corrected chi connectivity index (χ2v) is 7.50. The lowest BCUT2D eigenvalue weighted by molar-refractivity contribution is 0.392. The predicted molar refractivity (Wildman–Crippen MR) is 112 cm³/mol. The summed E-state index contributed by atoms with van der Waals surface area (Å²) in [7, 11) is 0. The van der Waals surface area contributed by atoms with E-state index in [1.165, 1.54) is 103 Å². The Morgan fingerprint density at radius 1 is 0.625 bits per heavy atom. The van der Waals surface area contributed by atoms with Gasteiger partial charge in [-0.25, -0.2) is 0 Å². The molecule has 0 saturated heterocycles. The molecule has 2 radical (unpaired) electrons. The number of rotatable bonds is 19. The van der Waals surface area contributed by atoms with Crippen LogP contribution >= 0.6 is 0 Å². The van der Waals surface area contributed by atoms with Crippen LogP contribution < -0.4 is 0 Å². The van der Waals surface area contributed by atoms with Crippen LogP contribution in [0.15, 0.2) is 12.2 Å². The van der Waals surface area contributed by atoms with Crippen LogP contribution in [-0.2, 0) is 0 Å². The van der Waals surface area contributed by atoms with E-state index >= 15 is 0 Å². The fourth-order valence-corrected chi connectivity index (χ4v) is 3.51. The predicted octanol–water partition coefficient (Wildman–Crippen LogP) is 8.87. The fraction of sp³-hybridized carbons (Fsp3) is 0.833. The molecule has 0 nitrogen and oxygen atoms in total. The zero-order valence-electron chi connectivity index (χ0n) is 16.9. The highest BCUT2D eigenvalue weighted by atomic mass is 14.1. The van der Waals surface area contributed by atoms with Gasteiger partial charge in [0.2, 0.25) is 0 Å². The summed E-state index contributed by atoms with van der Waals surface area (Å²) in [6, 6.07) is 0. The summed E-state index contributed by atoms with van der Waals surface area (Å²) in [5, 5.41) is 0. The Balaban J connectivity index is 3.32. The topological polar surface area (TPSA) is 0 Å². The lowest BCUT2D eigenvalue weighted by Crippen LogP contribution is -1.99. The van der Waals surface area contributed by atoms with Crippen LogP contribution in [0.2, 0.25) is 0 Å². The van der Waals surface area contributed by atoms with Crippen LogP contribution in [0.5, 0.6) is 0 Å². The highest BCUT2D eigenvalue weighted by molar-refractivity contribution is 4.81. The molecular formula is C24H46. The molecule has 0 fully saturated rings. The van der Waals surface area contributed by atoms with E-state index in [9.17, 15) is 0 Å². The highest BCUT2D eigenvalue weighted by Gasteiger charge is 2.05. The number of allylic oxidation sites excluding steroid dienone is 2. The largest absolute Gasteiger partial charge is 0.0885 e. The number of hydrogen-bond donors (Lipinski definition) is 0. The van der Waals surface area contributed by atoms with Crippen molar-refractivity contribution in [2.24, 2.45) is 5.92 Å². The van der Waals surface area contributed by atoms with Gasteiger partial charge in [0.15, 0.2) is 0 Å². The van der Waals surface area contributed by atoms with Crippen LogP contribution in [0.4, 0.5) is 0 Å². The van der Waals surface area contributed by atoms with E-state index in [2.05, 4.69) is 32.9 Å². The molecule has 0 aromatic heterocycles. The first kappa shape index (κ1) is 23.7. The molecule has 0 rings (SSSR count). The van der Waals surface area contributed by atoms with Gasteiger partial charge in [0.1, 0.15) is 0 Å². The Labute approximate surface area is 154 Å². The Kier molecular flexibility index (Phi) is 20.6. The van der Waals surface area contributed by atoms with E-state index in [-0.39, 0.29) is 0 Å². The summed E-state index contributed by atoms with van der Waals surface area (Å²) >= 11 is 0. The summed E-state index contributed by atoms with van der Waals surface area (Å²) in [4.78, 5) is 0. The van der Waals surface area contributed by atoms with Crippen molar-refractivity contribution in [3.63, 3.8) is 0 Å². The van der Waals surface area contributed by atoms with E-state index in [0.29, 0.717) is 0 Å². The third kappa shape index (κ3) is 18.1. The number of hydrogen-bond acceptors (Lipinski definition) is 0. The Bertz CT molecular complexity index is 240. The first-order valence-electron chi connectivity index (χ1n) is 11.1. The smallest absolute Gasteiger partial charge is 0.0351 e. The van der Waals surface area contributed by atoms with Crippen molar-refractivity contribution >= 4 is 0 Å². The SMILES string of the molecule is [CH2]C/C=C/CCCCCCCC(CC)CCCCCCCCC[CH2]. The molecule has 0 aliphatic carbocycles. The van der Waals surface area contributed by atoms with Crippen molar-refractivity contribution in [2.45, 2.75) is 122 Å². The fourth-order valence-electron chi connectivity index (χ4n) is 3.51. The normalized spacial score (nSPS) is 13.0. The molecule has 0 amide bonds. The quantitative estimate of drug-likeness (QED) is 0.163. The lowest BCUT2D eigenvalue weighted by atomic mass is 9.92. The maximum absolute atomic E-state index is 3.91. The molecule has 0 spiro atoms. The van der Waals surface area contributed by atoms with Crippen molar-refractivity contribution in [1.29, 1.82) is 0 Å². The van der Waals surface area contributed by atoms with Crippen molar-refractivity contribution in [3.8, 4) is 0 Å². The molecule has 0 heteroatoms. The van der Waals surface area contributed by atoms with Gasteiger partial charge in [0.25, 0.3) is 0 Å². The Hall–Kier alpha value is -0.260. The van der Waals surface area contributed by atoms with Gasteiger partial charge in [-0.2, -0.15) is 0 Å². The van der Waals surface area contributed by atoms with Gasteiger partial charge in [0, 0.05) is 0 Å². The first-order chi connectivity index (χ1) is 11.8. The second-order valence-electron chi connectivity index (χ2n) is 7.50. The van der Waals surface area contributed by atoms with Crippen molar-refractivity contribution in [3.05, 3.63) is 26.0 Å². The van der Waals surface area contributed by atoms with Crippen molar-refractivity contribution in [2.75, 3.05) is 0 Å². The summed E-state index contributed by atoms with van der Waals surface area (Å²) in [6.07, 6.45) is 29.2. The van der Waals surface area contributed by atoms with Crippen LogP contribution in [0, 0.1) is 19.8 Å². The molecule has 0 aliphatic heterocycles. The summed E-state index contributed by atoms with van der Waals surface area (Å²) in [6.45, 7) is 10.1. The summed E-state index contributed by atoms with van der Waals surface area (Å²) in [5.74, 6) is 0.996. The van der Waals surface area contributed by atoms with Crippen LogP contribution in [0.3, 0.4) is 0 Å². The van der Waals surface area contributed by atoms with Crippen molar-refractivity contribution < 1.29 is 0 Å². The maximum atomic E-state index is 3.91. The number of unbranched alkanes of at least 4 members (excludes halogenated alkanes) is 12. The van der Waals surface area contributed by atoms with Gasteiger partial charge in [-0.3, -0.25) is 0 Å². The van der Waals surface area contributed by atoms with Crippen LogP contribution in [-0.4, -0.2) is 0 Å². The van der Waals surface area contributed by atoms with Gasteiger partial charge >= 0.3 is 0 Å². The Morgan fingerprint density at radius 2 is 1.12 bits per heavy atom. The van der Waals surface area contributed by atoms with Crippen molar-refractivity contribution in [1.82, 2.24) is 0 Å². The van der Waals surface area contributed by atoms with Crippen LogP contribution in [0.25, 0.3) is 0 Å². The molecule has 0 aromatic rings. The third-order valence-electron chi connectivity index (χ3n) is 5.26. The molecule has 0 aromatic carbocycles. The molecule has 24 heavy (non-hydrogen) atoms. The minimum Gasteiger partial charge on any atom is -0.0885 e. The molecule has 0 aliphatic rings. The Morgan fingerprint density at radius 3 is 1.62 bits per heavy atom. The zero-order valence-corrected chi connectivity index (χ0v) is 16.9. The minimum absolute atomic E-state index is 0.939. The average molecular weight is 335 g/mol. The summed E-state index contributed by atoms with van der Waals surface area (Å²) < 4.78 is 0. The van der Waals surface area contributed by atoms with E-state index < -0.39 is 0 Å². The standard InChI is InChI=1S/C24H46/c1-4-7-9-11-13-15-17-19-21-23-24(6-3)22-20-18-16-14-12-10-8-5-2/h7,9,24H,1-2,4-6,8,10-23H2,3H3/b9-7+. The van der Waals surface area contributed by atoms with Gasteiger partial charge in [0.05, 0.1) is 0 Å². The lowest BCUT2D eigenvalue weighted by Gasteiger charge is -2.14. The minimum atomic E-state index is 0.939. The first-order valence-corrected chi connectivity index (χ1v) is 11.1. The molecule has 1 unspecified atom stereocenters. The third-order valence-corrected chi connectivity index (χ3v) is 5.26. The molecule has 0 saturated carbocycles. The van der Waals surface area contributed by atoms with E-state index in [4.69, 9.17) is 0 Å². The van der Waals surface area contributed by atoms with E-state index in [1.54, 1.807) is 0 Å². The monoisotopic (exact) mass is 334 g/mol. The molecule has 1 atom stereocenters. The maximum Gasteiger partial charge on any atom is -0.0351 e. The molecule has 0 heterocycles. The van der Waals surface area contributed by atoms with Gasteiger partial charge in [-0.05, 0) is 32.1 Å². The summed E-state index contributed by atoms with van der Waals surface area (Å²) in [5.41, 5.74) is 0. The molecular weight excluding hydrogens is 288 g/mol. The van der Waals surface area contributed by atoms with Crippen LogP contribution in [0.1, 0.15) is 122 Å². The van der Waals surface area contributed by atoms with E-state index in [0.717, 1.165) is 18.8 Å². The van der Waals surface area contributed by atoms with Gasteiger partial charge in [-0.1, -0.05) is 122 Å². The second kappa shape index (κ2) is 20.8.